The number of hydrogen-bond donors (Lipinski definition) is 4. The van der Waals surface area contributed by atoms with Gasteiger partial charge in [-0.1, -0.05) is 31.4 Å². The van der Waals surface area contributed by atoms with Gasteiger partial charge in [0.1, 0.15) is 0 Å². The van der Waals surface area contributed by atoms with Crippen LogP contribution in [0.15, 0.2) is 18.2 Å². The normalized spacial score (nSPS) is 32.2. The molecule has 1 aromatic carbocycles. The number of para-hydroxylation sites is 1. The molecule has 3 fully saturated rings. The van der Waals surface area contributed by atoms with Gasteiger partial charge >= 0.3 is 5.97 Å². The van der Waals surface area contributed by atoms with E-state index in [9.17, 15) is 29.7 Å². The lowest BCUT2D eigenvalue weighted by molar-refractivity contribution is -0.157. The van der Waals surface area contributed by atoms with Crippen LogP contribution in [0.5, 0.6) is 11.5 Å². The summed E-state index contributed by atoms with van der Waals surface area (Å²) in [6.07, 6.45) is 2.75. The lowest BCUT2D eigenvalue weighted by atomic mass is 9.76. The second-order valence-corrected chi connectivity index (χ2v) is 8.71. The summed E-state index contributed by atoms with van der Waals surface area (Å²) in [6, 6.07) is 3.48. The van der Waals surface area contributed by atoms with Gasteiger partial charge < -0.3 is 20.1 Å². The van der Waals surface area contributed by atoms with Gasteiger partial charge in [-0.3, -0.25) is 24.6 Å². The minimum Gasteiger partial charge on any atom is -0.504 e. The minimum atomic E-state index is -2.05. The fraction of sp³-hybridized carbons (Fsp3) is 0.591. The quantitative estimate of drug-likeness (QED) is 0.509. The number of fused-ring (bicyclic) bond motifs is 1. The van der Waals surface area contributed by atoms with Crippen LogP contribution in [-0.2, 0) is 14.4 Å². The van der Waals surface area contributed by atoms with Crippen molar-refractivity contribution in [2.24, 2.45) is 11.8 Å². The number of hydrogen-bond acceptors (Lipinski definition) is 7. The Kier molecular flexibility index (Phi) is 5.43. The van der Waals surface area contributed by atoms with Gasteiger partial charge in [0.15, 0.2) is 17.0 Å². The first-order chi connectivity index (χ1) is 14.8. The molecule has 1 aromatic rings. The summed E-state index contributed by atoms with van der Waals surface area (Å²) >= 11 is 0. The molecule has 31 heavy (non-hydrogen) atoms. The Labute approximate surface area is 180 Å². The lowest BCUT2D eigenvalue weighted by Gasteiger charge is -2.36. The van der Waals surface area contributed by atoms with Crippen LogP contribution in [0.1, 0.15) is 50.6 Å². The highest BCUT2D eigenvalue weighted by molar-refractivity contribution is 6.10. The number of nitrogens with one attached hydrogen (secondary N) is 1. The lowest BCUT2D eigenvalue weighted by Crippen LogP contribution is -2.62. The average Bonchev–Trinajstić information content (AvgIpc) is 3.24. The third-order valence-corrected chi connectivity index (χ3v) is 7.17. The molecule has 3 aliphatic rings. The smallest absolute Gasteiger partial charge is 0.327 e. The number of likely N-dealkylation sites (tertiary alicyclic amines) is 1. The number of phenolic OH excluding ortho intramolecular Hbond substituents is 1. The van der Waals surface area contributed by atoms with E-state index in [1.165, 1.54) is 18.9 Å². The van der Waals surface area contributed by atoms with E-state index < -0.39 is 47.3 Å². The van der Waals surface area contributed by atoms with E-state index in [1.54, 1.807) is 18.2 Å². The Bertz CT molecular complexity index is 911. The molecule has 0 aromatic heterocycles. The average molecular weight is 432 g/mol. The molecule has 1 aliphatic carbocycles. The van der Waals surface area contributed by atoms with Gasteiger partial charge in [-0.2, -0.15) is 0 Å². The Balaban J connectivity index is 1.85. The number of phenols is 1. The Morgan fingerprint density at radius 2 is 1.90 bits per heavy atom. The molecule has 2 aliphatic heterocycles. The van der Waals surface area contributed by atoms with Crippen LogP contribution in [-0.4, -0.2) is 62.8 Å². The van der Waals surface area contributed by atoms with Crippen LogP contribution >= 0.6 is 0 Å². The molecule has 5 unspecified atom stereocenters. The molecule has 4 rings (SSSR count). The van der Waals surface area contributed by atoms with Gasteiger partial charge in [0.2, 0.25) is 11.8 Å². The molecule has 168 valence electrons. The molecule has 2 saturated heterocycles. The van der Waals surface area contributed by atoms with Crippen molar-refractivity contribution >= 4 is 17.8 Å². The van der Waals surface area contributed by atoms with Crippen LogP contribution in [0.4, 0.5) is 0 Å². The van der Waals surface area contributed by atoms with Gasteiger partial charge in [-0.15, -0.1) is 0 Å². The summed E-state index contributed by atoms with van der Waals surface area (Å²) in [6.45, 7) is 1.30. The first-order valence-corrected chi connectivity index (χ1v) is 10.7. The summed E-state index contributed by atoms with van der Waals surface area (Å²) in [5.41, 5.74) is -1.80. The van der Waals surface area contributed by atoms with Crippen molar-refractivity contribution in [1.29, 1.82) is 0 Å². The highest BCUT2D eigenvalue weighted by atomic mass is 16.5. The molecule has 4 N–H and O–H groups in total. The number of rotatable bonds is 5. The molecule has 2 amide bonds. The van der Waals surface area contributed by atoms with E-state index in [0.29, 0.717) is 12.8 Å². The first-order valence-electron chi connectivity index (χ1n) is 10.7. The van der Waals surface area contributed by atoms with E-state index in [2.05, 4.69) is 5.32 Å². The number of amides is 2. The number of aliphatic carboxylic acids is 1. The number of aliphatic hydroxyl groups is 1. The number of aliphatic hydroxyl groups excluding tert-OH is 1. The molecule has 1 saturated carbocycles. The predicted molar refractivity (Wildman–Crippen MR) is 108 cm³/mol. The van der Waals surface area contributed by atoms with Crippen molar-refractivity contribution in [1.82, 2.24) is 10.2 Å². The Morgan fingerprint density at radius 3 is 2.48 bits per heavy atom. The highest BCUT2D eigenvalue weighted by Crippen LogP contribution is 2.53. The van der Waals surface area contributed by atoms with Gasteiger partial charge in [-0.05, 0) is 25.8 Å². The molecular weight excluding hydrogens is 404 g/mol. The van der Waals surface area contributed by atoms with Crippen LogP contribution in [0, 0.1) is 11.8 Å². The van der Waals surface area contributed by atoms with Crippen LogP contribution in [0.25, 0.3) is 0 Å². The fourth-order valence-corrected chi connectivity index (χ4v) is 5.64. The summed E-state index contributed by atoms with van der Waals surface area (Å²) in [4.78, 5) is 40.7. The van der Waals surface area contributed by atoms with Gasteiger partial charge in [0.05, 0.1) is 25.0 Å². The number of carbonyl (C=O) groups excluding carboxylic acids is 2. The van der Waals surface area contributed by atoms with Crippen molar-refractivity contribution in [3.8, 4) is 11.5 Å². The monoisotopic (exact) mass is 432 g/mol. The number of imide groups is 1. The van der Waals surface area contributed by atoms with Crippen molar-refractivity contribution in [3.63, 3.8) is 0 Å². The molecular formula is C22H28N2O7. The second-order valence-electron chi connectivity index (χ2n) is 8.71. The van der Waals surface area contributed by atoms with Crippen LogP contribution < -0.4 is 10.1 Å². The fourth-order valence-electron chi connectivity index (χ4n) is 5.64. The molecule has 9 nitrogen and oxygen atoms in total. The van der Waals surface area contributed by atoms with Crippen molar-refractivity contribution in [3.05, 3.63) is 23.8 Å². The van der Waals surface area contributed by atoms with Crippen LogP contribution in [0.3, 0.4) is 0 Å². The molecule has 9 heteroatoms. The number of ether oxygens (including phenoxy) is 1. The summed E-state index contributed by atoms with van der Waals surface area (Å²) in [7, 11) is 1.39. The number of carboxylic acids is 1. The maximum atomic E-state index is 13.6. The Morgan fingerprint density at radius 1 is 1.23 bits per heavy atom. The molecule has 0 spiro atoms. The summed E-state index contributed by atoms with van der Waals surface area (Å²) in [5, 5.41) is 34.2. The topological polar surface area (TPSA) is 136 Å². The summed E-state index contributed by atoms with van der Waals surface area (Å²) in [5.74, 6) is -4.83. The predicted octanol–water partition coefficient (Wildman–Crippen LogP) is 1.18. The number of carboxylic acid groups (broad SMARTS) is 1. The van der Waals surface area contributed by atoms with E-state index in [0.717, 1.165) is 19.3 Å². The van der Waals surface area contributed by atoms with Gasteiger partial charge in [0.25, 0.3) is 0 Å². The molecule has 5 atom stereocenters. The van der Waals surface area contributed by atoms with Gasteiger partial charge in [-0.25, -0.2) is 0 Å². The number of nitrogens with zero attached hydrogens (tertiary/aromatic N) is 1. The third-order valence-electron chi connectivity index (χ3n) is 7.17. The summed E-state index contributed by atoms with van der Waals surface area (Å²) < 4.78 is 5.16. The standard InChI is InChI=1S/C22H28N2O7/c1-11(25)22(21(29)30)16-15(17(23-22)13-9-6-10-14(31-2)18(13)26)19(27)24(20(16)28)12-7-4-3-5-8-12/h6,9-12,15-17,23,25-26H,3-5,7-8H2,1-2H3,(H,29,30). The zero-order valence-electron chi connectivity index (χ0n) is 17.6. The highest BCUT2D eigenvalue weighted by Gasteiger charge is 2.71. The van der Waals surface area contributed by atoms with E-state index in [1.807, 2.05) is 0 Å². The number of benzene rings is 1. The SMILES string of the molecule is COc1cccc(C2NC(C(=O)O)(C(C)O)C3C(=O)N(C4CCCCC4)C(=O)C23)c1O. The maximum Gasteiger partial charge on any atom is 0.327 e. The zero-order chi connectivity index (χ0) is 22.5. The molecule has 0 bridgehead atoms. The van der Waals surface area contributed by atoms with E-state index >= 15 is 0 Å². The largest absolute Gasteiger partial charge is 0.504 e. The third kappa shape index (κ3) is 3.02. The Hall–Kier alpha value is -2.65. The number of aromatic hydroxyl groups is 1. The van der Waals surface area contributed by atoms with E-state index in [-0.39, 0.29) is 23.1 Å². The minimum absolute atomic E-state index is 0.168. The van der Waals surface area contributed by atoms with Crippen molar-refractivity contribution in [2.45, 2.75) is 62.8 Å². The number of carbonyl (C=O) groups is 3. The second kappa shape index (κ2) is 7.80. The molecule has 0 radical (unpaired) electrons. The van der Waals surface area contributed by atoms with E-state index in [4.69, 9.17) is 4.74 Å². The van der Waals surface area contributed by atoms with Gasteiger partial charge in [0, 0.05) is 17.6 Å². The van der Waals surface area contributed by atoms with Crippen LogP contribution in [0.2, 0.25) is 0 Å². The van der Waals surface area contributed by atoms with Crippen molar-refractivity contribution in [2.75, 3.05) is 7.11 Å². The van der Waals surface area contributed by atoms with Crippen molar-refractivity contribution < 1.29 is 34.4 Å². The zero-order valence-corrected chi connectivity index (χ0v) is 17.6. The number of methoxy groups -OCH3 is 1. The maximum absolute atomic E-state index is 13.6. The first kappa shape index (κ1) is 21.6. The molecule has 2 heterocycles.